The third kappa shape index (κ3) is 67.8. The third-order valence-electron chi connectivity index (χ3n) is 14.6. The fraction of sp³-hybridized carbons (Fsp3) is 0.662. The van der Waals surface area contributed by atoms with Gasteiger partial charge in [-0.05, 0) is 128 Å². The zero-order valence-corrected chi connectivity index (χ0v) is 61.3. The Hall–Kier alpha value is -4.80. The fourth-order valence-electron chi connectivity index (χ4n) is 9.11. The second-order valence-electron chi connectivity index (χ2n) is 23.8. The van der Waals surface area contributed by atoms with Crippen LogP contribution in [0.15, 0.2) is 134 Å². The molecule has 0 bridgehead atoms. The number of carbonyl (C=O) groups excluding carboxylic acids is 4. The first kappa shape index (κ1) is 91.2. The quantitative estimate of drug-likeness (QED) is 0.0169. The van der Waals surface area contributed by atoms with E-state index in [-0.39, 0.29) is 25.7 Å². The molecule has 0 rings (SSSR count). The van der Waals surface area contributed by atoms with Gasteiger partial charge >= 0.3 is 39.5 Å². The molecule has 0 saturated heterocycles. The predicted octanol–water partition coefficient (Wildman–Crippen LogP) is 20.5. The van der Waals surface area contributed by atoms with Crippen LogP contribution >= 0.6 is 15.6 Å². The average molecular weight is 1390 g/mol. The van der Waals surface area contributed by atoms with Gasteiger partial charge in [-0.1, -0.05) is 251 Å². The second-order valence-corrected chi connectivity index (χ2v) is 26.7. The van der Waals surface area contributed by atoms with Crippen molar-refractivity contribution >= 4 is 39.5 Å². The number of phosphoric ester groups is 2. The molecule has 0 radical (unpaired) electrons. The Morgan fingerprint density at radius 2 is 0.573 bits per heavy atom. The summed E-state index contributed by atoms with van der Waals surface area (Å²) in [6.07, 6.45) is 74.7. The number of carbonyl (C=O) groups is 4. The maximum Gasteiger partial charge on any atom is 0.472 e. The van der Waals surface area contributed by atoms with Crippen LogP contribution in [-0.4, -0.2) is 96.7 Å². The molecule has 0 spiro atoms. The second kappa shape index (κ2) is 68.7. The first-order chi connectivity index (χ1) is 46.7. The van der Waals surface area contributed by atoms with Crippen molar-refractivity contribution in [1.29, 1.82) is 0 Å². The van der Waals surface area contributed by atoms with E-state index in [0.717, 1.165) is 141 Å². The van der Waals surface area contributed by atoms with Crippen molar-refractivity contribution in [3.05, 3.63) is 134 Å². The number of esters is 4. The number of ether oxygens (including phenoxy) is 4. The summed E-state index contributed by atoms with van der Waals surface area (Å²) in [6.45, 7) is 4.42. The van der Waals surface area contributed by atoms with Crippen LogP contribution in [0.3, 0.4) is 0 Å². The lowest BCUT2D eigenvalue weighted by Gasteiger charge is -2.21. The first-order valence-corrected chi connectivity index (χ1v) is 39.4. The highest BCUT2D eigenvalue weighted by Gasteiger charge is 2.30. The number of phosphoric acid groups is 2. The molecule has 0 heterocycles. The van der Waals surface area contributed by atoms with Crippen molar-refractivity contribution in [2.45, 2.75) is 290 Å². The predicted molar refractivity (Wildman–Crippen MR) is 390 cm³/mol. The largest absolute Gasteiger partial charge is 0.472 e. The molecule has 0 aliphatic carbocycles. The van der Waals surface area contributed by atoms with Gasteiger partial charge in [-0.3, -0.25) is 37.3 Å². The van der Waals surface area contributed by atoms with E-state index in [0.29, 0.717) is 38.5 Å². The highest BCUT2D eigenvalue weighted by Crippen LogP contribution is 2.45. The van der Waals surface area contributed by atoms with Gasteiger partial charge in [0.1, 0.15) is 19.3 Å². The molecule has 0 amide bonds. The number of unbranched alkanes of at least 4 members (excludes halogenated alkanes) is 19. The van der Waals surface area contributed by atoms with Crippen molar-refractivity contribution in [2.24, 2.45) is 0 Å². The molecule has 0 aromatic heterocycles. The van der Waals surface area contributed by atoms with E-state index in [9.17, 15) is 43.2 Å². The van der Waals surface area contributed by atoms with E-state index in [4.69, 9.17) is 37.0 Å². The van der Waals surface area contributed by atoms with Crippen molar-refractivity contribution < 1.29 is 80.2 Å². The molecule has 0 fully saturated rings. The van der Waals surface area contributed by atoms with Crippen molar-refractivity contribution in [3.8, 4) is 0 Å². The molecule has 5 atom stereocenters. The Bertz CT molecular complexity index is 2350. The average Bonchev–Trinajstić information content (AvgIpc) is 2.18. The minimum atomic E-state index is -5.00. The molecule has 19 heteroatoms. The highest BCUT2D eigenvalue weighted by molar-refractivity contribution is 7.47. The highest BCUT2D eigenvalue weighted by atomic mass is 31.2. The monoisotopic (exact) mass is 1390 g/mol. The Balaban J connectivity index is 5.43. The molecule has 548 valence electrons. The fourth-order valence-corrected chi connectivity index (χ4v) is 10.7. The minimum absolute atomic E-state index is 0.0268. The molecule has 17 nitrogen and oxygen atoms in total. The van der Waals surface area contributed by atoms with Gasteiger partial charge in [0, 0.05) is 25.7 Å². The van der Waals surface area contributed by atoms with Crippen LogP contribution in [-0.2, 0) is 65.4 Å². The molecular weight excluding hydrogens is 1260 g/mol. The lowest BCUT2D eigenvalue weighted by atomic mass is 10.1. The van der Waals surface area contributed by atoms with Crippen molar-refractivity contribution in [1.82, 2.24) is 0 Å². The first-order valence-electron chi connectivity index (χ1n) is 36.4. The van der Waals surface area contributed by atoms with Gasteiger partial charge in [0.2, 0.25) is 0 Å². The number of hydrogen-bond donors (Lipinski definition) is 3. The van der Waals surface area contributed by atoms with Gasteiger partial charge in [-0.15, -0.1) is 0 Å². The van der Waals surface area contributed by atoms with Gasteiger partial charge < -0.3 is 33.8 Å². The molecule has 0 aromatic rings. The van der Waals surface area contributed by atoms with Crippen LogP contribution in [0.5, 0.6) is 0 Å². The van der Waals surface area contributed by atoms with Crippen LogP contribution in [0.1, 0.15) is 272 Å². The summed E-state index contributed by atoms with van der Waals surface area (Å²) in [5.41, 5.74) is 0. The normalized spacial score (nSPS) is 14.8. The van der Waals surface area contributed by atoms with E-state index in [1.54, 1.807) is 0 Å². The standard InChI is InChI=1S/C77H128O17P2/c1-5-9-13-17-21-25-29-32-34-35-37-39-43-46-50-54-58-62-75(80)88-68-73(94-77(82)64-60-56-52-48-44-40-36-33-30-26-22-18-14-10-6-2)70-92-96(85,86)90-66-71(78)65-89-95(83,84)91-69-72(93-76(81)63-59-55-51-47-41-28-24-20-16-12-8-4)67-87-74(79)61-57-53-49-45-42-38-31-27-23-19-15-11-7-3/h9-10,13-15,19,21-22,25-27,31-34,36-37,39,44,46,48,50,71-73,78H,5-8,11-12,16-18,20,23-24,28-30,35,38,40-43,45,47,49,51-70H2,1-4H3,(H,83,84)(H,85,86)/b13-9-,14-10-,19-15-,25-21-,26-22-,31-27-,34-32-,36-33-,39-37-,48-44-,50-46-. The summed E-state index contributed by atoms with van der Waals surface area (Å²) in [5.74, 6) is -2.31. The number of allylic oxidation sites excluding steroid dienone is 22. The summed E-state index contributed by atoms with van der Waals surface area (Å²) in [4.78, 5) is 72.6. The van der Waals surface area contributed by atoms with E-state index in [1.807, 2.05) is 12.2 Å². The van der Waals surface area contributed by atoms with Gasteiger partial charge in [-0.25, -0.2) is 9.13 Å². The summed E-state index contributed by atoms with van der Waals surface area (Å²) < 4.78 is 68.2. The van der Waals surface area contributed by atoms with Crippen molar-refractivity contribution in [3.63, 3.8) is 0 Å². The third-order valence-corrected chi connectivity index (χ3v) is 16.5. The SMILES string of the molecule is CC/C=C\C/C=C\C/C=C\C/C=C\C/C=C\CCCC(=O)OCC(COP(=O)(O)OCC(O)COP(=O)(O)OCC(COC(=O)CCCCCCC/C=C\C/C=C\CCC)OC(=O)CCCCCCCCCCCCC)OC(=O)CCCC/C=C\C/C=C\C/C=C\C/C=C\CC. The van der Waals surface area contributed by atoms with Crippen LogP contribution in [0, 0.1) is 0 Å². The van der Waals surface area contributed by atoms with Gasteiger partial charge in [0.25, 0.3) is 0 Å². The molecule has 0 aromatic carbocycles. The summed E-state index contributed by atoms with van der Waals surface area (Å²) in [6, 6.07) is 0. The van der Waals surface area contributed by atoms with E-state index < -0.39 is 97.5 Å². The van der Waals surface area contributed by atoms with E-state index in [1.165, 1.54) is 38.5 Å². The number of rotatable bonds is 67. The van der Waals surface area contributed by atoms with Crippen LogP contribution in [0.25, 0.3) is 0 Å². The van der Waals surface area contributed by atoms with Crippen LogP contribution in [0.2, 0.25) is 0 Å². The Labute approximate surface area is 580 Å². The molecule has 96 heavy (non-hydrogen) atoms. The Kier molecular flexibility index (Phi) is 65.3. The van der Waals surface area contributed by atoms with Crippen LogP contribution in [0.4, 0.5) is 0 Å². The zero-order valence-electron chi connectivity index (χ0n) is 59.5. The lowest BCUT2D eigenvalue weighted by Crippen LogP contribution is -2.30. The molecule has 0 aliphatic rings. The topological polar surface area (TPSA) is 237 Å². The molecule has 5 unspecified atom stereocenters. The number of aliphatic hydroxyl groups excluding tert-OH is 1. The molecule has 0 aliphatic heterocycles. The van der Waals surface area contributed by atoms with E-state index >= 15 is 0 Å². The molecule has 3 N–H and O–H groups in total. The Morgan fingerprint density at radius 1 is 0.302 bits per heavy atom. The number of hydrogen-bond acceptors (Lipinski definition) is 15. The van der Waals surface area contributed by atoms with Gasteiger partial charge in [0.15, 0.2) is 12.2 Å². The maximum absolute atomic E-state index is 13.0. The van der Waals surface area contributed by atoms with Gasteiger partial charge in [0.05, 0.1) is 26.4 Å². The smallest absolute Gasteiger partial charge is 0.462 e. The van der Waals surface area contributed by atoms with E-state index in [2.05, 4.69) is 149 Å². The summed E-state index contributed by atoms with van der Waals surface area (Å²) >= 11 is 0. The van der Waals surface area contributed by atoms with Gasteiger partial charge in [-0.2, -0.15) is 0 Å². The summed E-state index contributed by atoms with van der Waals surface area (Å²) in [7, 11) is -9.98. The summed E-state index contributed by atoms with van der Waals surface area (Å²) in [5, 5.41) is 10.6. The maximum atomic E-state index is 13.0. The molecular formula is C77H128O17P2. The minimum Gasteiger partial charge on any atom is -0.462 e. The lowest BCUT2D eigenvalue weighted by molar-refractivity contribution is -0.161. The zero-order chi connectivity index (χ0) is 70.4. The Morgan fingerprint density at radius 3 is 0.938 bits per heavy atom. The van der Waals surface area contributed by atoms with Crippen molar-refractivity contribution in [2.75, 3.05) is 39.6 Å². The number of aliphatic hydroxyl groups is 1. The van der Waals surface area contributed by atoms with Crippen LogP contribution < -0.4 is 0 Å². The molecule has 0 saturated carbocycles.